The number of carbonyl (C=O) groups excluding carboxylic acids is 1. The Labute approximate surface area is 127 Å². The maximum atomic E-state index is 12.1. The third-order valence-electron chi connectivity index (χ3n) is 4.42. The predicted octanol–water partition coefficient (Wildman–Crippen LogP) is 2.71. The summed E-state index contributed by atoms with van der Waals surface area (Å²) in [6, 6.07) is 8.41. The summed E-state index contributed by atoms with van der Waals surface area (Å²) in [4.78, 5) is 14.2. The van der Waals surface area contributed by atoms with Crippen molar-refractivity contribution in [1.82, 2.24) is 10.2 Å². The zero-order valence-corrected chi connectivity index (χ0v) is 13.1. The van der Waals surface area contributed by atoms with Gasteiger partial charge in [0.15, 0.2) is 0 Å². The Bertz CT molecular complexity index is 469. The molecular formula is C17H27N3O. The van der Waals surface area contributed by atoms with Crippen LogP contribution < -0.4 is 11.1 Å². The van der Waals surface area contributed by atoms with Crippen LogP contribution >= 0.6 is 0 Å². The number of likely N-dealkylation sites (N-methyl/N-ethyl adjacent to an activating group) is 1. The Hall–Kier alpha value is -1.55. The molecule has 1 aromatic rings. The summed E-state index contributed by atoms with van der Waals surface area (Å²) in [5.74, 6) is 0.125. The highest BCUT2D eigenvalue weighted by molar-refractivity contribution is 5.78. The van der Waals surface area contributed by atoms with Crippen molar-refractivity contribution in [2.75, 3.05) is 19.3 Å². The smallest absolute Gasteiger partial charge is 0.234 e. The molecule has 1 atom stereocenters. The van der Waals surface area contributed by atoms with Gasteiger partial charge in [0.2, 0.25) is 5.91 Å². The Balaban J connectivity index is 1.84. The molecule has 0 saturated heterocycles. The second-order valence-electron chi connectivity index (χ2n) is 6.16. The average Bonchev–Trinajstić information content (AvgIpc) is 2.47. The minimum Gasteiger partial charge on any atom is -0.399 e. The van der Waals surface area contributed by atoms with Crippen LogP contribution in [0, 0.1) is 0 Å². The van der Waals surface area contributed by atoms with Crippen LogP contribution in [0.4, 0.5) is 5.69 Å². The van der Waals surface area contributed by atoms with Crippen LogP contribution in [-0.4, -0.2) is 30.4 Å². The summed E-state index contributed by atoms with van der Waals surface area (Å²) >= 11 is 0. The molecule has 0 radical (unpaired) electrons. The molecular weight excluding hydrogens is 262 g/mol. The minimum atomic E-state index is 0.125. The van der Waals surface area contributed by atoms with Gasteiger partial charge in [0.25, 0.3) is 0 Å². The van der Waals surface area contributed by atoms with Gasteiger partial charge in [-0.2, -0.15) is 0 Å². The molecule has 3 N–H and O–H groups in total. The topological polar surface area (TPSA) is 58.4 Å². The first-order valence-electron chi connectivity index (χ1n) is 7.91. The van der Waals surface area contributed by atoms with Crippen molar-refractivity contribution in [2.24, 2.45) is 0 Å². The number of nitrogens with two attached hydrogens (primary N) is 1. The van der Waals surface area contributed by atoms with Crippen molar-refractivity contribution in [3.8, 4) is 0 Å². The van der Waals surface area contributed by atoms with Gasteiger partial charge in [-0.05, 0) is 44.5 Å². The van der Waals surface area contributed by atoms with Crippen molar-refractivity contribution in [3.63, 3.8) is 0 Å². The second kappa shape index (κ2) is 7.46. The molecule has 0 spiro atoms. The average molecular weight is 289 g/mol. The van der Waals surface area contributed by atoms with E-state index in [4.69, 9.17) is 5.73 Å². The molecule has 4 heteroatoms. The number of hydrogen-bond donors (Lipinski definition) is 2. The Morgan fingerprint density at radius 3 is 2.76 bits per heavy atom. The zero-order chi connectivity index (χ0) is 15.2. The Morgan fingerprint density at radius 1 is 1.38 bits per heavy atom. The molecule has 1 fully saturated rings. The maximum Gasteiger partial charge on any atom is 0.234 e. The van der Waals surface area contributed by atoms with Crippen molar-refractivity contribution >= 4 is 11.6 Å². The molecule has 1 unspecified atom stereocenters. The lowest BCUT2D eigenvalue weighted by Crippen LogP contribution is -2.42. The van der Waals surface area contributed by atoms with Gasteiger partial charge < -0.3 is 11.1 Å². The fourth-order valence-corrected chi connectivity index (χ4v) is 2.96. The van der Waals surface area contributed by atoms with Crippen LogP contribution in [0.1, 0.15) is 50.6 Å². The molecule has 1 aromatic carbocycles. The van der Waals surface area contributed by atoms with Gasteiger partial charge in [-0.1, -0.05) is 31.4 Å². The first kappa shape index (κ1) is 15.8. The lowest BCUT2D eigenvalue weighted by molar-refractivity contribution is -0.123. The second-order valence-corrected chi connectivity index (χ2v) is 6.16. The molecule has 0 aromatic heterocycles. The number of nitrogen functional groups attached to an aromatic ring is 1. The van der Waals surface area contributed by atoms with E-state index in [1.807, 2.05) is 25.2 Å². The van der Waals surface area contributed by atoms with Crippen molar-refractivity contribution in [2.45, 2.75) is 51.1 Å². The van der Waals surface area contributed by atoms with E-state index in [1.54, 1.807) is 0 Å². The molecule has 1 amide bonds. The summed E-state index contributed by atoms with van der Waals surface area (Å²) in [6.07, 6.45) is 6.03. The molecule has 1 aliphatic carbocycles. The van der Waals surface area contributed by atoms with Crippen LogP contribution in [0.3, 0.4) is 0 Å². The molecule has 1 saturated carbocycles. The third-order valence-corrected chi connectivity index (χ3v) is 4.42. The van der Waals surface area contributed by atoms with E-state index < -0.39 is 0 Å². The lowest BCUT2D eigenvalue weighted by Gasteiger charge is -2.27. The largest absolute Gasteiger partial charge is 0.399 e. The Morgan fingerprint density at radius 2 is 2.10 bits per heavy atom. The number of anilines is 1. The number of carbonyl (C=O) groups is 1. The highest BCUT2D eigenvalue weighted by Crippen LogP contribution is 2.21. The first-order valence-corrected chi connectivity index (χ1v) is 7.91. The van der Waals surface area contributed by atoms with E-state index in [-0.39, 0.29) is 11.9 Å². The molecule has 0 bridgehead atoms. The van der Waals surface area contributed by atoms with Crippen molar-refractivity contribution < 1.29 is 4.79 Å². The molecule has 0 aliphatic heterocycles. The maximum absolute atomic E-state index is 12.1. The van der Waals surface area contributed by atoms with Crippen molar-refractivity contribution in [1.29, 1.82) is 0 Å². The van der Waals surface area contributed by atoms with Crippen molar-refractivity contribution in [3.05, 3.63) is 29.8 Å². The normalized spacial score (nSPS) is 17.7. The number of nitrogens with one attached hydrogen (secondary N) is 1. The van der Waals surface area contributed by atoms with E-state index in [1.165, 1.54) is 19.3 Å². The predicted molar refractivity (Wildman–Crippen MR) is 86.9 cm³/mol. The van der Waals surface area contributed by atoms with Crippen LogP contribution in [0.2, 0.25) is 0 Å². The van der Waals surface area contributed by atoms with Crippen LogP contribution in [0.25, 0.3) is 0 Å². The standard InChI is InChI=1S/C17H27N3O/c1-13(14-7-6-8-15(18)11-14)20(2)12-17(21)19-16-9-4-3-5-10-16/h6-8,11,13,16H,3-5,9-10,12,18H2,1-2H3,(H,19,21). The van der Waals surface area contributed by atoms with Gasteiger partial charge >= 0.3 is 0 Å². The number of hydrogen-bond acceptors (Lipinski definition) is 3. The monoisotopic (exact) mass is 289 g/mol. The van der Waals surface area contributed by atoms with Gasteiger partial charge in [0.1, 0.15) is 0 Å². The highest BCUT2D eigenvalue weighted by Gasteiger charge is 2.19. The molecule has 4 nitrogen and oxygen atoms in total. The van der Waals surface area contributed by atoms with E-state index in [2.05, 4.69) is 23.2 Å². The van der Waals surface area contributed by atoms with E-state index in [9.17, 15) is 4.79 Å². The summed E-state index contributed by atoms with van der Waals surface area (Å²) in [6.45, 7) is 2.52. The quantitative estimate of drug-likeness (QED) is 0.819. The molecule has 2 rings (SSSR count). The summed E-state index contributed by atoms with van der Waals surface area (Å²) in [5.41, 5.74) is 7.73. The number of amides is 1. The van der Waals surface area contributed by atoms with Gasteiger partial charge in [0.05, 0.1) is 6.54 Å². The lowest BCUT2D eigenvalue weighted by atomic mass is 9.95. The minimum absolute atomic E-state index is 0.125. The van der Waals surface area contributed by atoms with E-state index in [0.717, 1.165) is 24.1 Å². The number of rotatable bonds is 5. The molecule has 0 heterocycles. The summed E-state index contributed by atoms with van der Waals surface area (Å²) in [7, 11) is 1.98. The Kier molecular flexibility index (Phi) is 5.62. The van der Waals surface area contributed by atoms with Crippen LogP contribution in [-0.2, 0) is 4.79 Å². The van der Waals surface area contributed by atoms with E-state index in [0.29, 0.717) is 12.6 Å². The molecule has 21 heavy (non-hydrogen) atoms. The fraction of sp³-hybridized carbons (Fsp3) is 0.588. The van der Waals surface area contributed by atoms with Crippen LogP contribution in [0.5, 0.6) is 0 Å². The van der Waals surface area contributed by atoms with E-state index >= 15 is 0 Å². The zero-order valence-electron chi connectivity index (χ0n) is 13.1. The molecule has 1 aliphatic rings. The third kappa shape index (κ3) is 4.74. The van der Waals surface area contributed by atoms with Gasteiger partial charge in [-0.25, -0.2) is 0 Å². The van der Waals surface area contributed by atoms with Gasteiger partial charge in [0, 0.05) is 17.8 Å². The number of nitrogens with zero attached hydrogens (tertiary/aromatic N) is 1. The SMILES string of the molecule is CC(c1cccc(N)c1)N(C)CC(=O)NC1CCCCC1. The summed E-state index contributed by atoms with van der Waals surface area (Å²) < 4.78 is 0. The number of benzene rings is 1. The fourth-order valence-electron chi connectivity index (χ4n) is 2.96. The molecule has 116 valence electrons. The highest BCUT2D eigenvalue weighted by atomic mass is 16.2. The van der Waals surface area contributed by atoms with Gasteiger partial charge in [-0.3, -0.25) is 9.69 Å². The first-order chi connectivity index (χ1) is 10.1. The van der Waals surface area contributed by atoms with Gasteiger partial charge in [-0.15, -0.1) is 0 Å². The van der Waals surface area contributed by atoms with Crippen LogP contribution in [0.15, 0.2) is 24.3 Å². The summed E-state index contributed by atoms with van der Waals surface area (Å²) in [5, 5.41) is 3.16.